The number of nitrogens with zero attached hydrogens (tertiary/aromatic N) is 3. The van der Waals surface area contributed by atoms with Gasteiger partial charge in [0.05, 0.1) is 0 Å². The van der Waals surface area contributed by atoms with Gasteiger partial charge >= 0.3 is 6.03 Å². The van der Waals surface area contributed by atoms with Crippen molar-refractivity contribution in [1.29, 1.82) is 0 Å². The summed E-state index contributed by atoms with van der Waals surface area (Å²) in [5.74, 6) is -0.117. The Hall–Kier alpha value is -2.15. The van der Waals surface area contributed by atoms with Crippen molar-refractivity contribution in [1.82, 2.24) is 20.0 Å². The van der Waals surface area contributed by atoms with Crippen LogP contribution in [-0.2, 0) is 11.3 Å². The summed E-state index contributed by atoms with van der Waals surface area (Å²) in [6.07, 6.45) is 0.453. The minimum absolute atomic E-state index is 0.0694. The Morgan fingerprint density at radius 1 is 1.19 bits per heavy atom. The van der Waals surface area contributed by atoms with Crippen LogP contribution in [0.5, 0.6) is 0 Å². The molecule has 1 aromatic rings. The maximum atomic E-state index is 13.2. The molecule has 1 spiro atoms. The number of amides is 3. The van der Waals surface area contributed by atoms with Gasteiger partial charge in [0.15, 0.2) is 0 Å². The molecule has 2 aliphatic heterocycles. The molecule has 2 saturated heterocycles. The predicted octanol–water partition coefficient (Wildman–Crippen LogP) is 1.91. The molecular formula is C20H29FN4O2. The largest absolute Gasteiger partial charge is 0.345 e. The van der Waals surface area contributed by atoms with Crippen LogP contribution in [0.1, 0.15) is 25.8 Å². The van der Waals surface area contributed by atoms with Crippen molar-refractivity contribution in [3.63, 3.8) is 0 Å². The summed E-state index contributed by atoms with van der Waals surface area (Å²) in [6, 6.07) is 6.52. The van der Waals surface area contributed by atoms with E-state index >= 15 is 0 Å². The predicted molar refractivity (Wildman–Crippen MR) is 102 cm³/mol. The zero-order valence-electron chi connectivity index (χ0n) is 16.4. The second-order valence-corrected chi connectivity index (χ2v) is 8.29. The standard InChI is InChI=1S/C20H29FN4O2/c1-15(2)22-19(27)25-9-8-24(11-16-4-6-17(21)7-5-16)13-20(14-25)10-18(26)23(3)12-20/h4-7,15H,8-14H2,1-3H3,(H,22,27). The lowest BCUT2D eigenvalue weighted by atomic mass is 9.86. The van der Waals surface area contributed by atoms with Crippen LogP contribution in [0, 0.1) is 11.2 Å². The highest BCUT2D eigenvalue weighted by molar-refractivity contribution is 5.80. The normalized spacial score (nSPS) is 24.0. The van der Waals surface area contributed by atoms with Gasteiger partial charge in [0.25, 0.3) is 0 Å². The van der Waals surface area contributed by atoms with Gasteiger partial charge in [0.2, 0.25) is 5.91 Å². The average Bonchev–Trinajstić information content (AvgIpc) is 2.75. The quantitative estimate of drug-likeness (QED) is 0.877. The van der Waals surface area contributed by atoms with E-state index in [0.29, 0.717) is 32.6 Å². The molecule has 2 aliphatic rings. The smallest absolute Gasteiger partial charge is 0.317 e. The first kappa shape index (κ1) is 19.6. The van der Waals surface area contributed by atoms with E-state index in [1.54, 1.807) is 17.0 Å². The third-order valence-corrected chi connectivity index (χ3v) is 5.31. The highest BCUT2D eigenvalue weighted by Crippen LogP contribution is 2.34. The van der Waals surface area contributed by atoms with Crippen molar-refractivity contribution in [2.45, 2.75) is 32.9 Å². The van der Waals surface area contributed by atoms with Crippen LogP contribution in [0.2, 0.25) is 0 Å². The van der Waals surface area contributed by atoms with Gasteiger partial charge in [0.1, 0.15) is 5.82 Å². The Labute approximate surface area is 160 Å². The van der Waals surface area contributed by atoms with Crippen molar-refractivity contribution in [3.8, 4) is 0 Å². The van der Waals surface area contributed by atoms with Gasteiger partial charge < -0.3 is 15.1 Å². The number of rotatable bonds is 3. The first-order chi connectivity index (χ1) is 12.8. The molecule has 2 heterocycles. The highest BCUT2D eigenvalue weighted by Gasteiger charge is 2.46. The number of benzene rings is 1. The number of hydrogen-bond acceptors (Lipinski definition) is 3. The van der Waals surface area contributed by atoms with Crippen molar-refractivity contribution >= 4 is 11.9 Å². The van der Waals surface area contributed by atoms with Crippen LogP contribution >= 0.6 is 0 Å². The number of nitrogens with one attached hydrogen (secondary N) is 1. The Morgan fingerprint density at radius 2 is 1.89 bits per heavy atom. The summed E-state index contributed by atoms with van der Waals surface area (Å²) >= 11 is 0. The minimum atomic E-state index is -0.267. The second kappa shape index (κ2) is 7.84. The van der Waals surface area contributed by atoms with Gasteiger partial charge in [-0.3, -0.25) is 9.69 Å². The van der Waals surface area contributed by atoms with Crippen molar-refractivity contribution in [2.24, 2.45) is 5.41 Å². The molecule has 1 N–H and O–H groups in total. The lowest BCUT2D eigenvalue weighted by Gasteiger charge is -2.33. The van der Waals surface area contributed by atoms with E-state index in [9.17, 15) is 14.0 Å². The van der Waals surface area contributed by atoms with Gasteiger partial charge in [-0.15, -0.1) is 0 Å². The second-order valence-electron chi connectivity index (χ2n) is 8.29. The van der Waals surface area contributed by atoms with E-state index in [0.717, 1.165) is 18.7 Å². The summed E-state index contributed by atoms with van der Waals surface area (Å²) in [5, 5.41) is 2.97. The van der Waals surface area contributed by atoms with Crippen molar-refractivity contribution in [2.75, 3.05) is 39.8 Å². The third kappa shape index (κ3) is 4.77. The van der Waals surface area contributed by atoms with Crippen LogP contribution in [0.3, 0.4) is 0 Å². The zero-order chi connectivity index (χ0) is 19.6. The number of hydrogen-bond donors (Lipinski definition) is 1. The van der Waals surface area contributed by atoms with Gasteiger partial charge in [-0.1, -0.05) is 12.1 Å². The van der Waals surface area contributed by atoms with Crippen LogP contribution < -0.4 is 5.32 Å². The van der Waals surface area contributed by atoms with Crippen molar-refractivity contribution in [3.05, 3.63) is 35.6 Å². The highest BCUT2D eigenvalue weighted by atomic mass is 19.1. The molecule has 1 atom stereocenters. The summed E-state index contributed by atoms with van der Waals surface area (Å²) in [5.41, 5.74) is 0.765. The van der Waals surface area contributed by atoms with Gasteiger partial charge in [-0.2, -0.15) is 0 Å². The Morgan fingerprint density at radius 3 is 2.48 bits per heavy atom. The monoisotopic (exact) mass is 376 g/mol. The number of carbonyl (C=O) groups excluding carboxylic acids is 2. The van der Waals surface area contributed by atoms with E-state index in [-0.39, 0.29) is 29.2 Å². The van der Waals surface area contributed by atoms with E-state index in [1.165, 1.54) is 12.1 Å². The maximum absolute atomic E-state index is 13.2. The van der Waals surface area contributed by atoms with E-state index < -0.39 is 0 Å². The topological polar surface area (TPSA) is 55.9 Å². The molecule has 1 aromatic carbocycles. The summed E-state index contributed by atoms with van der Waals surface area (Å²) < 4.78 is 13.2. The van der Waals surface area contributed by atoms with E-state index in [2.05, 4.69) is 10.2 Å². The summed E-state index contributed by atoms with van der Waals surface area (Å²) in [4.78, 5) is 30.8. The Bertz CT molecular complexity index is 694. The molecule has 0 saturated carbocycles. The van der Waals surface area contributed by atoms with Gasteiger partial charge in [-0.25, -0.2) is 9.18 Å². The Balaban J connectivity index is 1.78. The fourth-order valence-corrected chi connectivity index (χ4v) is 4.16. The molecule has 0 aliphatic carbocycles. The number of carbonyl (C=O) groups is 2. The molecule has 0 bridgehead atoms. The van der Waals surface area contributed by atoms with Crippen molar-refractivity contribution < 1.29 is 14.0 Å². The molecule has 0 radical (unpaired) electrons. The van der Waals surface area contributed by atoms with Gasteiger partial charge in [-0.05, 0) is 31.5 Å². The lowest BCUT2D eigenvalue weighted by Crippen LogP contribution is -2.48. The van der Waals surface area contributed by atoms with E-state index in [4.69, 9.17) is 0 Å². The lowest BCUT2D eigenvalue weighted by molar-refractivity contribution is -0.126. The third-order valence-electron chi connectivity index (χ3n) is 5.31. The Kier molecular flexibility index (Phi) is 5.69. The van der Waals surface area contributed by atoms with E-state index in [1.807, 2.05) is 25.8 Å². The first-order valence-corrected chi connectivity index (χ1v) is 9.53. The SMILES string of the molecule is CC(C)NC(=O)N1CCN(Cc2ccc(F)cc2)CC2(CC(=O)N(C)C2)C1. The zero-order valence-corrected chi connectivity index (χ0v) is 16.4. The molecule has 27 heavy (non-hydrogen) atoms. The first-order valence-electron chi connectivity index (χ1n) is 9.53. The molecule has 3 amide bonds. The molecular weight excluding hydrogens is 347 g/mol. The fourth-order valence-electron chi connectivity index (χ4n) is 4.16. The summed E-state index contributed by atoms with van der Waals surface area (Å²) in [7, 11) is 1.82. The van der Waals surface area contributed by atoms with Crippen LogP contribution in [0.25, 0.3) is 0 Å². The molecule has 3 rings (SSSR count). The van der Waals surface area contributed by atoms with Gasteiger partial charge in [0, 0.05) is 64.2 Å². The maximum Gasteiger partial charge on any atom is 0.317 e. The molecule has 6 nitrogen and oxygen atoms in total. The molecule has 148 valence electrons. The molecule has 0 aromatic heterocycles. The summed E-state index contributed by atoms with van der Waals surface area (Å²) in [6.45, 7) is 7.87. The van der Waals surface area contributed by atoms with Crippen LogP contribution in [0.15, 0.2) is 24.3 Å². The molecule has 2 fully saturated rings. The fraction of sp³-hybridized carbons (Fsp3) is 0.600. The molecule has 7 heteroatoms. The minimum Gasteiger partial charge on any atom is -0.345 e. The average molecular weight is 376 g/mol. The van der Waals surface area contributed by atoms with Crippen LogP contribution in [-0.4, -0.2) is 72.5 Å². The number of halogens is 1. The number of likely N-dealkylation sites (tertiary alicyclic amines) is 1. The molecule has 1 unspecified atom stereocenters. The number of urea groups is 1. The van der Waals surface area contributed by atoms with Crippen LogP contribution in [0.4, 0.5) is 9.18 Å².